The van der Waals surface area contributed by atoms with Crippen molar-refractivity contribution in [1.29, 1.82) is 0 Å². The number of fused-ring (bicyclic) bond motifs is 1. The van der Waals surface area contributed by atoms with Gasteiger partial charge < -0.3 is 34.7 Å². The Balaban J connectivity index is 2.27. The largest absolute Gasteiger partial charge is 0.508 e. The second kappa shape index (κ2) is 7.61. The molecule has 1 aliphatic rings. The zero-order chi connectivity index (χ0) is 20.7. The first kappa shape index (κ1) is 20.4. The lowest BCUT2D eigenvalue weighted by atomic mass is 9.89. The normalized spacial score (nSPS) is 27.9. The molecular weight excluding hydrogens is 372 g/mol. The molecule has 0 radical (unpaired) electrons. The molecule has 1 aliphatic heterocycles. The van der Waals surface area contributed by atoms with Crippen molar-refractivity contribution in [2.24, 2.45) is 0 Å². The van der Waals surface area contributed by atoms with Crippen molar-refractivity contribution < 1.29 is 39.5 Å². The van der Waals surface area contributed by atoms with E-state index in [1.165, 1.54) is 19.1 Å². The average Bonchev–Trinajstić information content (AvgIpc) is 2.60. The summed E-state index contributed by atoms with van der Waals surface area (Å²) in [5.74, 6) is -0.535. The number of Topliss-reactive ketones (excluding diaryl/α,β-unsaturated/α-hetero) is 1. The monoisotopic (exact) mass is 394 g/mol. The van der Waals surface area contributed by atoms with Crippen LogP contribution in [0.1, 0.15) is 29.9 Å². The zero-order valence-electron chi connectivity index (χ0n) is 15.3. The van der Waals surface area contributed by atoms with Gasteiger partial charge in [0.2, 0.25) is 0 Å². The standard InChI is InChI=1S/C19H22O9/c1-7-3-9(22)5-11-13(7)16(24)14(10(27-11)4-8(2)21)19-18(26)17(25)15(23)12(6-20)28-19/h3,5,12,15,17-20,22-23,25-26H,4,6H2,1-2H3/t12-,15-,17+,18-,19?/m1/s1. The fourth-order valence-corrected chi connectivity index (χ4v) is 3.54. The van der Waals surface area contributed by atoms with Crippen molar-refractivity contribution >= 4 is 16.8 Å². The minimum absolute atomic E-state index is 0.0621. The van der Waals surface area contributed by atoms with Gasteiger partial charge in [0, 0.05) is 6.07 Å². The maximum Gasteiger partial charge on any atom is 0.199 e. The molecule has 1 unspecified atom stereocenters. The lowest BCUT2D eigenvalue weighted by Crippen LogP contribution is -2.56. The third-order valence-corrected chi connectivity index (χ3v) is 4.88. The number of aliphatic hydroxyl groups is 4. The summed E-state index contributed by atoms with van der Waals surface area (Å²) in [5, 5.41) is 49.8. The van der Waals surface area contributed by atoms with Gasteiger partial charge in [0.05, 0.1) is 24.0 Å². The van der Waals surface area contributed by atoms with Gasteiger partial charge in [-0.25, -0.2) is 0 Å². The Bertz CT molecular complexity index is 962. The second-order valence-corrected chi connectivity index (χ2v) is 7.03. The van der Waals surface area contributed by atoms with Crippen LogP contribution in [0, 0.1) is 6.92 Å². The lowest BCUT2D eigenvalue weighted by molar-refractivity contribution is -0.232. The third-order valence-electron chi connectivity index (χ3n) is 4.88. The third kappa shape index (κ3) is 3.43. The number of aryl methyl sites for hydroxylation is 1. The number of rotatable bonds is 4. The number of hydrogen-bond donors (Lipinski definition) is 5. The molecule has 5 atom stereocenters. The summed E-state index contributed by atoms with van der Waals surface area (Å²) >= 11 is 0. The van der Waals surface area contributed by atoms with Crippen LogP contribution in [-0.4, -0.2) is 62.3 Å². The Morgan fingerprint density at radius 3 is 2.43 bits per heavy atom. The van der Waals surface area contributed by atoms with E-state index in [9.17, 15) is 35.1 Å². The van der Waals surface area contributed by atoms with E-state index in [4.69, 9.17) is 9.15 Å². The molecule has 1 aromatic heterocycles. The van der Waals surface area contributed by atoms with Crippen LogP contribution in [0.4, 0.5) is 0 Å². The van der Waals surface area contributed by atoms with Gasteiger partial charge in [-0.3, -0.25) is 9.59 Å². The van der Waals surface area contributed by atoms with Crippen molar-refractivity contribution in [2.45, 2.75) is 50.8 Å². The SMILES string of the molecule is CC(=O)Cc1oc2cc(O)cc(C)c2c(=O)c1C1O[C@H](CO)[C@@H](O)[C@H](O)[C@H]1O. The van der Waals surface area contributed by atoms with E-state index < -0.39 is 42.6 Å². The predicted molar refractivity (Wildman–Crippen MR) is 96.0 cm³/mol. The van der Waals surface area contributed by atoms with E-state index in [0.717, 1.165) is 0 Å². The van der Waals surface area contributed by atoms with Gasteiger partial charge in [-0.15, -0.1) is 0 Å². The van der Waals surface area contributed by atoms with Gasteiger partial charge in [0.1, 0.15) is 53.4 Å². The molecule has 9 nitrogen and oxygen atoms in total. The average molecular weight is 394 g/mol. The zero-order valence-corrected chi connectivity index (χ0v) is 15.3. The molecule has 1 aromatic carbocycles. The summed E-state index contributed by atoms with van der Waals surface area (Å²) in [6.07, 6.45) is -7.90. The second-order valence-electron chi connectivity index (χ2n) is 7.03. The quantitative estimate of drug-likeness (QED) is 0.459. The lowest BCUT2D eigenvalue weighted by Gasteiger charge is -2.40. The molecule has 1 fully saturated rings. The van der Waals surface area contributed by atoms with Gasteiger partial charge in [-0.2, -0.15) is 0 Å². The number of benzene rings is 1. The highest BCUT2D eigenvalue weighted by atomic mass is 16.5. The van der Waals surface area contributed by atoms with Crippen molar-refractivity contribution in [2.75, 3.05) is 6.61 Å². The van der Waals surface area contributed by atoms with Crippen LogP contribution in [0.3, 0.4) is 0 Å². The van der Waals surface area contributed by atoms with Gasteiger partial charge in [0.25, 0.3) is 0 Å². The van der Waals surface area contributed by atoms with Crippen LogP contribution >= 0.6 is 0 Å². The Kier molecular flexibility index (Phi) is 5.55. The van der Waals surface area contributed by atoms with Crippen molar-refractivity contribution in [3.8, 4) is 5.75 Å². The molecule has 0 saturated carbocycles. The molecule has 0 spiro atoms. The molecule has 1 saturated heterocycles. The molecule has 5 N–H and O–H groups in total. The number of phenols is 1. The molecule has 0 amide bonds. The molecule has 2 aromatic rings. The molecule has 9 heteroatoms. The van der Waals surface area contributed by atoms with Gasteiger partial charge in [-0.1, -0.05) is 0 Å². The number of carbonyl (C=O) groups is 1. The number of aliphatic hydroxyl groups excluding tert-OH is 4. The maximum atomic E-state index is 13.2. The summed E-state index contributed by atoms with van der Waals surface area (Å²) < 4.78 is 11.2. The van der Waals surface area contributed by atoms with Crippen LogP contribution in [0.2, 0.25) is 0 Å². The highest BCUT2D eigenvalue weighted by Crippen LogP contribution is 2.35. The Morgan fingerprint density at radius 2 is 1.82 bits per heavy atom. The first-order valence-electron chi connectivity index (χ1n) is 8.74. The number of ether oxygens (including phenoxy) is 1. The topological polar surface area (TPSA) is 158 Å². The van der Waals surface area contributed by atoms with Crippen LogP contribution in [0.15, 0.2) is 21.3 Å². The van der Waals surface area contributed by atoms with Crippen LogP contribution in [0.25, 0.3) is 11.0 Å². The fraction of sp³-hybridized carbons (Fsp3) is 0.474. The first-order chi connectivity index (χ1) is 13.1. The summed E-state index contributed by atoms with van der Waals surface area (Å²) in [6, 6.07) is 2.60. The summed E-state index contributed by atoms with van der Waals surface area (Å²) in [5.41, 5.74) is -0.302. The van der Waals surface area contributed by atoms with Crippen LogP contribution in [0.5, 0.6) is 5.75 Å². The Hall–Kier alpha value is -2.30. The van der Waals surface area contributed by atoms with Gasteiger partial charge >= 0.3 is 0 Å². The van der Waals surface area contributed by atoms with Gasteiger partial charge in [0.15, 0.2) is 5.43 Å². The molecule has 28 heavy (non-hydrogen) atoms. The van der Waals surface area contributed by atoms with Crippen molar-refractivity contribution in [3.63, 3.8) is 0 Å². The van der Waals surface area contributed by atoms with Crippen molar-refractivity contribution in [3.05, 3.63) is 39.2 Å². The van der Waals surface area contributed by atoms with E-state index in [0.29, 0.717) is 5.56 Å². The highest BCUT2D eigenvalue weighted by molar-refractivity contribution is 5.84. The number of ketones is 1. The Labute approximate surface area is 159 Å². The molecular formula is C19H22O9. The van der Waals surface area contributed by atoms with E-state index in [-0.39, 0.29) is 40.2 Å². The highest BCUT2D eigenvalue weighted by Gasteiger charge is 2.46. The van der Waals surface area contributed by atoms with Crippen LogP contribution < -0.4 is 5.43 Å². The number of hydrogen-bond acceptors (Lipinski definition) is 9. The smallest absolute Gasteiger partial charge is 0.199 e. The molecule has 152 valence electrons. The maximum absolute atomic E-state index is 13.2. The van der Waals surface area contributed by atoms with Crippen molar-refractivity contribution in [1.82, 2.24) is 0 Å². The summed E-state index contributed by atoms with van der Waals surface area (Å²) in [4.78, 5) is 24.9. The summed E-state index contributed by atoms with van der Waals surface area (Å²) in [6.45, 7) is 2.21. The van der Waals surface area contributed by atoms with Crippen LogP contribution in [-0.2, 0) is 16.0 Å². The number of carbonyl (C=O) groups excluding carboxylic acids is 1. The van der Waals surface area contributed by atoms with E-state index in [1.54, 1.807) is 6.92 Å². The molecule has 0 bridgehead atoms. The predicted octanol–water partition coefficient (Wildman–Crippen LogP) is -0.547. The molecule has 0 aliphatic carbocycles. The van der Waals surface area contributed by atoms with E-state index in [2.05, 4.69) is 0 Å². The number of aromatic hydroxyl groups is 1. The molecule has 2 heterocycles. The minimum atomic E-state index is -1.69. The minimum Gasteiger partial charge on any atom is -0.508 e. The molecule has 3 rings (SSSR count). The fourth-order valence-electron chi connectivity index (χ4n) is 3.54. The number of phenolic OH excluding ortho intramolecular Hbond substituents is 1. The van der Waals surface area contributed by atoms with E-state index >= 15 is 0 Å². The first-order valence-corrected chi connectivity index (χ1v) is 8.74. The summed E-state index contributed by atoms with van der Waals surface area (Å²) in [7, 11) is 0. The van der Waals surface area contributed by atoms with Gasteiger partial charge in [-0.05, 0) is 25.5 Å². The Morgan fingerprint density at radius 1 is 1.14 bits per heavy atom. The van der Waals surface area contributed by atoms with E-state index in [1.807, 2.05) is 0 Å².